The van der Waals surface area contributed by atoms with Crippen molar-refractivity contribution >= 4 is 35.1 Å². The van der Waals surface area contributed by atoms with E-state index in [0.29, 0.717) is 26.0 Å². The highest BCUT2D eigenvalue weighted by molar-refractivity contribution is 7.99. The molecule has 8 heteroatoms. The maximum absolute atomic E-state index is 12.9. The number of rotatable bonds is 3. The van der Waals surface area contributed by atoms with Gasteiger partial charge in [-0.15, -0.1) is 0 Å². The second-order valence-corrected chi connectivity index (χ2v) is 9.11. The highest BCUT2D eigenvalue weighted by Crippen LogP contribution is 2.46. The average Bonchev–Trinajstić information content (AvgIpc) is 3.11. The molecule has 27 heavy (non-hydrogen) atoms. The lowest BCUT2D eigenvalue weighted by Gasteiger charge is -2.40. The molecule has 1 saturated carbocycles. The van der Waals surface area contributed by atoms with Crippen LogP contribution >= 0.6 is 23.4 Å². The number of anilines is 2. The first-order chi connectivity index (χ1) is 13.0. The molecule has 2 N–H and O–H groups in total. The minimum Gasteiger partial charge on any atom is -0.384 e. The first-order valence-corrected chi connectivity index (χ1v) is 10.6. The molecule has 0 atom stereocenters. The Morgan fingerprint density at radius 1 is 1.11 bits per heavy atom. The molecule has 2 fully saturated rings. The predicted molar refractivity (Wildman–Crippen MR) is 110 cm³/mol. The first-order valence-electron chi connectivity index (χ1n) is 9.37. The number of nitrogen functional groups attached to an aromatic ring is 1. The molecular formula is C19H24ClN5OS. The Morgan fingerprint density at radius 2 is 1.81 bits per heavy atom. The Labute approximate surface area is 168 Å². The zero-order chi connectivity index (χ0) is 19.0. The van der Waals surface area contributed by atoms with Gasteiger partial charge in [-0.1, -0.05) is 36.2 Å². The standard InChI is InChI=1S/C19H24ClN5OS/c1-24-17(26)15(27-14-10-16(21)22-11-13(14)20)12-23-18(24)25-8-6-19(7-9-25)4-2-3-5-19/h10-12H,2-9H2,1H3,(H2,21,22). The van der Waals surface area contributed by atoms with E-state index in [-0.39, 0.29) is 5.56 Å². The summed E-state index contributed by atoms with van der Waals surface area (Å²) >= 11 is 7.45. The highest BCUT2D eigenvalue weighted by Gasteiger charge is 2.37. The molecule has 144 valence electrons. The summed E-state index contributed by atoms with van der Waals surface area (Å²) in [5.41, 5.74) is 6.20. The van der Waals surface area contributed by atoms with Crippen LogP contribution in [0, 0.1) is 5.41 Å². The van der Waals surface area contributed by atoms with Gasteiger partial charge in [0, 0.05) is 31.2 Å². The number of pyridine rings is 1. The lowest BCUT2D eigenvalue weighted by Crippen LogP contribution is -2.41. The van der Waals surface area contributed by atoms with Crippen LogP contribution in [0.5, 0.6) is 0 Å². The summed E-state index contributed by atoms with van der Waals surface area (Å²) in [6, 6.07) is 1.67. The number of aromatic nitrogens is 3. The second-order valence-electron chi connectivity index (χ2n) is 7.62. The number of halogens is 1. The smallest absolute Gasteiger partial charge is 0.268 e. The average molecular weight is 406 g/mol. The molecule has 2 aromatic rings. The molecule has 0 bridgehead atoms. The summed E-state index contributed by atoms with van der Waals surface area (Å²) in [7, 11) is 1.79. The summed E-state index contributed by atoms with van der Waals surface area (Å²) in [6.45, 7) is 1.94. The Bertz CT molecular complexity index is 899. The van der Waals surface area contributed by atoms with Gasteiger partial charge in [0.2, 0.25) is 5.95 Å². The molecule has 0 radical (unpaired) electrons. The quantitative estimate of drug-likeness (QED) is 0.838. The van der Waals surface area contributed by atoms with Crippen LogP contribution in [0.3, 0.4) is 0 Å². The van der Waals surface area contributed by atoms with Gasteiger partial charge in [0.05, 0.1) is 16.1 Å². The van der Waals surface area contributed by atoms with Crippen molar-refractivity contribution in [2.45, 2.75) is 48.3 Å². The van der Waals surface area contributed by atoms with Crippen LogP contribution in [0.1, 0.15) is 38.5 Å². The van der Waals surface area contributed by atoms with Crippen LogP contribution in [0.2, 0.25) is 5.02 Å². The van der Waals surface area contributed by atoms with E-state index in [1.165, 1.54) is 56.5 Å². The van der Waals surface area contributed by atoms with E-state index < -0.39 is 0 Å². The monoisotopic (exact) mass is 405 g/mol. The molecule has 4 rings (SSSR count). The van der Waals surface area contributed by atoms with Gasteiger partial charge in [-0.2, -0.15) is 0 Å². The third-order valence-electron chi connectivity index (χ3n) is 5.95. The number of hydrogen-bond acceptors (Lipinski definition) is 6. The fourth-order valence-electron chi connectivity index (χ4n) is 4.32. The van der Waals surface area contributed by atoms with Crippen molar-refractivity contribution in [1.29, 1.82) is 0 Å². The van der Waals surface area contributed by atoms with Gasteiger partial charge < -0.3 is 10.6 Å². The van der Waals surface area contributed by atoms with Crippen LogP contribution in [-0.2, 0) is 7.05 Å². The van der Waals surface area contributed by atoms with Gasteiger partial charge in [-0.05, 0) is 37.2 Å². The third-order valence-corrected chi connectivity index (χ3v) is 7.42. The van der Waals surface area contributed by atoms with Crippen molar-refractivity contribution in [3.05, 3.63) is 33.8 Å². The molecule has 2 aromatic heterocycles. The van der Waals surface area contributed by atoms with E-state index >= 15 is 0 Å². The van der Waals surface area contributed by atoms with Gasteiger partial charge in [-0.3, -0.25) is 9.36 Å². The Balaban J connectivity index is 1.54. The molecule has 2 aliphatic rings. The Kier molecular flexibility index (Phi) is 5.07. The van der Waals surface area contributed by atoms with Crippen LogP contribution < -0.4 is 16.2 Å². The van der Waals surface area contributed by atoms with E-state index in [2.05, 4.69) is 14.9 Å². The maximum atomic E-state index is 12.9. The van der Waals surface area contributed by atoms with E-state index in [9.17, 15) is 4.79 Å². The summed E-state index contributed by atoms with van der Waals surface area (Å²) in [4.78, 5) is 24.9. The number of hydrogen-bond donors (Lipinski definition) is 1. The van der Waals surface area contributed by atoms with Crippen molar-refractivity contribution in [3.63, 3.8) is 0 Å². The van der Waals surface area contributed by atoms with E-state index in [1.54, 1.807) is 23.9 Å². The summed E-state index contributed by atoms with van der Waals surface area (Å²) in [6.07, 6.45) is 11.0. The number of nitrogens with two attached hydrogens (primary N) is 1. The first kappa shape index (κ1) is 18.6. The highest BCUT2D eigenvalue weighted by atomic mass is 35.5. The molecule has 3 heterocycles. The normalized spacial score (nSPS) is 19.0. The van der Waals surface area contributed by atoms with Crippen LogP contribution in [0.4, 0.5) is 11.8 Å². The summed E-state index contributed by atoms with van der Waals surface area (Å²) in [5.74, 6) is 1.12. The molecule has 1 aliphatic heterocycles. The predicted octanol–water partition coefficient (Wildman–Crippen LogP) is 3.72. The SMILES string of the molecule is Cn1c(N2CCC3(CCCC3)CC2)ncc(Sc2cc(N)ncc2Cl)c1=O. The topological polar surface area (TPSA) is 77.0 Å². The molecule has 0 aromatic carbocycles. The van der Waals surface area contributed by atoms with Crippen LogP contribution in [-0.4, -0.2) is 27.6 Å². The molecule has 1 spiro atoms. The van der Waals surface area contributed by atoms with E-state index in [4.69, 9.17) is 17.3 Å². The van der Waals surface area contributed by atoms with Crippen molar-refractivity contribution in [1.82, 2.24) is 14.5 Å². The van der Waals surface area contributed by atoms with Gasteiger partial charge in [0.25, 0.3) is 5.56 Å². The molecule has 1 aliphatic carbocycles. The van der Waals surface area contributed by atoms with Gasteiger partial charge in [0.15, 0.2) is 0 Å². The van der Waals surface area contributed by atoms with E-state index in [0.717, 1.165) is 19.0 Å². The van der Waals surface area contributed by atoms with Gasteiger partial charge in [0.1, 0.15) is 5.82 Å². The van der Waals surface area contributed by atoms with Crippen LogP contribution in [0.15, 0.2) is 33.0 Å². The van der Waals surface area contributed by atoms with Crippen LogP contribution in [0.25, 0.3) is 0 Å². The lowest BCUT2D eigenvalue weighted by atomic mass is 9.77. The zero-order valence-corrected chi connectivity index (χ0v) is 17.0. The zero-order valence-electron chi connectivity index (χ0n) is 15.4. The molecule has 0 unspecified atom stereocenters. The van der Waals surface area contributed by atoms with E-state index in [1.807, 2.05) is 0 Å². The fourth-order valence-corrected chi connectivity index (χ4v) is 5.43. The number of piperidine rings is 1. The van der Waals surface area contributed by atoms with Crippen molar-refractivity contribution in [2.75, 3.05) is 23.7 Å². The lowest BCUT2D eigenvalue weighted by molar-refractivity contribution is 0.225. The Morgan fingerprint density at radius 3 is 2.52 bits per heavy atom. The molecule has 6 nitrogen and oxygen atoms in total. The van der Waals surface area contributed by atoms with Gasteiger partial charge in [-0.25, -0.2) is 9.97 Å². The minimum absolute atomic E-state index is 0.0717. The molecular weight excluding hydrogens is 382 g/mol. The third kappa shape index (κ3) is 3.67. The largest absolute Gasteiger partial charge is 0.384 e. The summed E-state index contributed by atoms with van der Waals surface area (Å²) in [5, 5.41) is 0.471. The van der Waals surface area contributed by atoms with Crippen molar-refractivity contribution in [2.24, 2.45) is 12.5 Å². The fraction of sp³-hybridized carbons (Fsp3) is 0.526. The van der Waals surface area contributed by atoms with Crippen molar-refractivity contribution < 1.29 is 0 Å². The second kappa shape index (κ2) is 7.36. The Hall–Kier alpha value is -1.73. The maximum Gasteiger partial charge on any atom is 0.268 e. The van der Waals surface area contributed by atoms with Gasteiger partial charge >= 0.3 is 0 Å². The van der Waals surface area contributed by atoms with Crippen molar-refractivity contribution in [3.8, 4) is 0 Å². The summed E-state index contributed by atoms with van der Waals surface area (Å²) < 4.78 is 1.65. The number of nitrogens with zero attached hydrogens (tertiary/aromatic N) is 4. The molecule has 1 saturated heterocycles. The molecule has 0 amide bonds. The minimum atomic E-state index is -0.0717.